The van der Waals surface area contributed by atoms with E-state index in [2.05, 4.69) is 3.07 Å². The summed E-state index contributed by atoms with van der Waals surface area (Å²) in [7, 11) is -3.13. The second-order valence-corrected chi connectivity index (χ2v) is 6.35. The summed E-state index contributed by atoms with van der Waals surface area (Å²) in [6, 6.07) is 0. The molecule has 1 rings (SSSR count). The molecule has 3 nitrogen and oxygen atoms in total. The van der Waals surface area contributed by atoms with Crippen LogP contribution in [0.15, 0.2) is 0 Å². The summed E-state index contributed by atoms with van der Waals surface area (Å²) < 4.78 is 63.7. The van der Waals surface area contributed by atoms with Gasteiger partial charge in [-0.2, -0.15) is 13.2 Å². The molecule has 0 saturated carbocycles. The van der Waals surface area contributed by atoms with Crippen molar-refractivity contribution < 1.29 is 24.7 Å². The molecule has 1 unspecified atom stereocenters. The Morgan fingerprint density at radius 2 is 1.73 bits per heavy atom. The van der Waals surface area contributed by atoms with Crippen LogP contribution in [-0.4, -0.2) is 32.2 Å². The summed E-state index contributed by atoms with van der Waals surface area (Å²) in [6.07, 6.45) is -6.23. The van der Waals surface area contributed by atoms with E-state index < -0.39 is 28.0 Å². The average Bonchev–Trinajstić information content (AvgIpc) is 2.06. The molecular formula is C7H10F3IO3S. The Hall–Kier alpha value is 0.430. The lowest BCUT2D eigenvalue weighted by atomic mass is 9.96. The Kier molecular flexibility index (Phi) is 4.27. The molecule has 0 aliphatic carbocycles. The van der Waals surface area contributed by atoms with Crippen molar-refractivity contribution in [3.63, 3.8) is 0 Å². The van der Waals surface area contributed by atoms with Crippen molar-refractivity contribution in [2.24, 2.45) is 5.92 Å². The van der Waals surface area contributed by atoms with Gasteiger partial charge in [-0.3, -0.25) is 0 Å². The smallest absolute Gasteiger partial charge is 0.303 e. The van der Waals surface area contributed by atoms with Crippen molar-refractivity contribution in [1.82, 2.24) is 0 Å². The van der Waals surface area contributed by atoms with Gasteiger partial charge in [0.15, 0.2) is 6.10 Å². The first-order valence-electron chi connectivity index (χ1n) is 4.31. The fourth-order valence-corrected chi connectivity index (χ4v) is 3.83. The summed E-state index contributed by atoms with van der Waals surface area (Å²) >= 11 is 1.22. The molecule has 1 fully saturated rings. The van der Waals surface area contributed by atoms with E-state index in [1.165, 1.54) is 23.0 Å². The van der Waals surface area contributed by atoms with Gasteiger partial charge in [0.2, 0.25) is 0 Å². The first-order valence-corrected chi connectivity index (χ1v) is 7.01. The van der Waals surface area contributed by atoms with Gasteiger partial charge >= 0.3 is 6.18 Å². The third-order valence-corrected chi connectivity index (χ3v) is 4.71. The zero-order chi connectivity index (χ0) is 11.7. The van der Waals surface area contributed by atoms with E-state index in [9.17, 15) is 21.6 Å². The minimum absolute atomic E-state index is 0.0233. The van der Waals surface area contributed by atoms with Gasteiger partial charge in [-0.05, 0) is 18.8 Å². The molecule has 1 aliphatic heterocycles. The molecule has 0 N–H and O–H groups in total. The lowest BCUT2D eigenvalue weighted by Crippen LogP contribution is -2.40. The van der Waals surface area contributed by atoms with Crippen LogP contribution in [0.4, 0.5) is 13.2 Å². The van der Waals surface area contributed by atoms with Crippen molar-refractivity contribution in [3.8, 4) is 0 Å². The van der Waals surface area contributed by atoms with Crippen LogP contribution in [0, 0.1) is 5.92 Å². The molecule has 0 amide bonds. The maximum Gasteiger partial charge on any atom is 0.415 e. The molecule has 15 heavy (non-hydrogen) atoms. The molecule has 1 heterocycles. The summed E-state index contributed by atoms with van der Waals surface area (Å²) in [6.45, 7) is 0. The molecule has 1 atom stereocenters. The Labute approximate surface area is 100.0 Å². The molecule has 0 spiro atoms. The first kappa shape index (κ1) is 13.5. The highest BCUT2D eigenvalue weighted by molar-refractivity contribution is 14.1. The molecule has 0 radical (unpaired) electrons. The predicted octanol–water partition coefficient (Wildman–Crippen LogP) is 2.11. The van der Waals surface area contributed by atoms with Gasteiger partial charge in [-0.25, -0.2) is 8.42 Å². The standard InChI is InChI=1S/C7H10F3IO3S/c8-7(9,10)6(14-11)5-1-3-15(12,13)4-2-5/h5-6H,1-4H2. The number of hydrogen-bond acceptors (Lipinski definition) is 3. The van der Waals surface area contributed by atoms with E-state index in [1.54, 1.807) is 0 Å². The second kappa shape index (κ2) is 4.74. The van der Waals surface area contributed by atoms with Gasteiger partial charge in [0, 0.05) is 0 Å². The van der Waals surface area contributed by atoms with Crippen molar-refractivity contribution >= 4 is 32.8 Å². The number of sulfone groups is 1. The van der Waals surface area contributed by atoms with Gasteiger partial charge < -0.3 is 3.07 Å². The summed E-state index contributed by atoms with van der Waals surface area (Å²) in [4.78, 5) is 0. The van der Waals surface area contributed by atoms with Crippen LogP contribution < -0.4 is 0 Å². The van der Waals surface area contributed by atoms with Crippen LogP contribution in [-0.2, 0) is 12.9 Å². The largest absolute Gasteiger partial charge is 0.415 e. The van der Waals surface area contributed by atoms with E-state index in [0.717, 1.165) is 0 Å². The number of hydrogen-bond donors (Lipinski definition) is 0. The number of halogens is 4. The van der Waals surface area contributed by atoms with E-state index in [1.807, 2.05) is 0 Å². The Morgan fingerprint density at radius 1 is 1.27 bits per heavy atom. The molecule has 90 valence electrons. The van der Waals surface area contributed by atoms with Gasteiger partial charge in [-0.15, -0.1) is 0 Å². The molecule has 0 aromatic carbocycles. The third kappa shape index (κ3) is 3.74. The zero-order valence-electron chi connectivity index (χ0n) is 7.63. The molecule has 0 bridgehead atoms. The second-order valence-electron chi connectivity index (χ2n) is 3.54. The maximum absolute atomic E-state index is 12.4. The summed E-state index contributed by atoms with van der Waals surface area (Å²) in [5, 5.41) is 0. The molecule has 1 aliphatic rings. The van der Waals surface area contributed by atoms with Crippen LogP contribution >= 0.6 is 23.0 Å². The average molecular weight is 358 g/mol. The molecule has 1 saturated heterocycles. The lowest BCUT2D eigenvalue weighted by Gasteiger charge is -2.29. The van der Waals surface area contributed by atoms with Crippen molar-refractivity contribution in [2.75, 3.05) is 11.5 Å². The van der Waals surface area contributed by atoms with E-state index in [4.69, 9.17) is 0 Å². The first-order chi connectivity index (χ1) is 6.76. The van der Waals surface area contributed by atoms with Crippen LogP contribution in [0.3, 0.4) is 0 Å². The fraction of sp³-hybridized carbons (Fsp3) is 1.00. The maximum atomic E-state index is 12.4. The number of alkyl halides is 3. The molecule has 0 aromatic heterocycles. The van der Waals surface area contributed by atoms with E-state index >= 15 is 0 Å². The van der Waals surface area contributed by atoms with Gasteiger partial charge in [0.1, 0.15) is 32.8 Å². The minimum atomic E-state index is -4.42. The summed E-state index contributed by atoms with van der Waals surface area (Å²) in [5.41, 5.74) is 0. The van der Waals surface area contributed by atoms with Gasteiger partial charge in [0.05, 0.1) is 11.5 Å². The molecular weight excluding hydrogens is 348 g/mol. The zero-order valence-corrected chi connectivity index (χ0v) is 10.6. The van der Waals surface area contributed by atoms with Crippen LogP contribution in [0.5, 0.6) is 0 Å². The highest BCUT2D eigenvalue weighted by atomic mass is 127. The Bertz CT molecular complexity index is 300. The van der Waals surface area contributed by atoms with Crippen LogP contribution in [0.2, 0.25) is 0 Å². The lowest BCUT2D eigenvalue weighted by molar-refractivity contribution is -0.201. The summed E-state index contributed by atoms with van der Waals surface area (Å²) in [5.74, 6) is -1.10. The monoisotopic (exact) mass is 358 g/mol. The molecule has 0 aromatic rings. The molecule has 8 heteroatoms. The Balaban J connectivity index is 2.66. The highest BCUT2D eigenvalue weighted by Gasteiger charge is 2.47. The van der Waals surface area contributed by atoms with E-state index in [0.29, 0.717) is 0 Å². The highest BCUT2D eigenvalue weighted by Crippen LogP contribution is 2.35. The van der Waals surface area contributed by atoms with Gasteiger partial charge in [-0.1, -0.05) is 0 Å². The number of rotatable bonds is 2. The van der Waals surface area contributed by atoms with Crippen LogP contribution in [0.1, 0.15) is 12.8 Å². The fourth-order valence-electron chi connectivity index (χ4n) is 1.60. The van der Waals surface area contributed by atoms with Crippen molar-refractivity contribution in [2.45, 2.75) is 25.1 Å². The van der Waals surface area contributed by atoms with Crippen molar-refractivity contribution in [3.05, 3.63) is 0 Å². The van der Waals surface area contributed by atoms with Crippen molar-refractivity contribution in [1.29, 1.82) is 0 Å². The Morgan fingerprint density at radius 3 is 2.07 bits per heavy atom. The van der Waals surface area contributed by atoms with Crippen LogP contribution in [0.25, 0.3) is 0 Å². The third-order valence-electron chi connectivity index (χ3n) is 2.45. The van der Waals surface area contributed by atoms with Gasteiger partial charge in [0.25, 0.3) is 0 Å². The quantitative estimate of drug-likeness (QED) is 0.711. The normalized spacial score (nSPS) is 25.1. The minimum Gasteiger partial charge on any atom is -0.303 e. The SMILES string of the molecule is O=S1(=O)CCC(C(OI)C(F)(F)F)CC1. The van der Waals surface area contributed by atoms with E-state index in [-0.39, 0.29) is 24.3 Å². The predicted molar refractivity (Wildman–Crippen MR) is 56.3 cm³/mol. The topological polar surface area (TPSA) is 43.4 Å².